The van der Waals surface area contributed by atoms with Gasteiger partial charge in [-0.3, -0.25) is 10.6 Å². The second-order valence-corrected chi connectivity index (χ2v) is 1.70. The van der Waals surface area contributed by atoms with Crippen molar-refractivity contribution in [2.24, 2.45) is 5.18 Å². The molecule has 0 rings (SSSR count). The highest BCUT2D eigenvalue weighted by atomic mass is 17.1. The lowest BCUT2D eigenvalue weighted by Crippen LogP contribution is -2.34. The molecule has 0 aliphatic carbocycles. The Labute approximate surface area is 52.9 Å². The van der Waals surface area contributed by atoms with E-state index in [0.717, 1.165) is 0 Å². The van der Waals surface area contributed by atoms with Crippen LogP contribution in [-0.4, -0.2) is 17.7 Å². The molecule has 2 atom stereocenters. The lowest BCUT2D eigenvalue weighted by atomic mass is 10.5. The van der Waals surface area contributed by atoms with Gasteiger partial charge in [-0.2, -0.15) is 0 Å². The van der Waals surface area contributed by atoms with E-state index in [1.807, 2.05) is 0 Å². The lowest BCUT2D eigenvalue weighted by Gasteiger charge is -2.09. The van der Waals surface area contributed by atoms with E-state index >= 15 is 0 Å². The molecule has 0 spiro atoms. The van der Waals surface area contributed by atoms with Crippen molar-refractivity contribution in [3.05, 3.63) is 4.91 Å². The minimum atomic E-state index is -0.558. The molecule has 2 N–H and O–H groups in total. The Morgan fingerprint density at radius 2 is 2.22 bits per heavy atom. The van der Waals surface area contributed by atoms with Crippen molar-refractivity contribution in [3.63, 3.8) is 0 Å². The zero-order chi connectivity index (χ0) is 7.28. The van der Waals surface area contributed by atoms with Crippen LogP contribution in [0, 0.1) is 4.91 Å². The van der Waals surface area contributed by atoms with Gasteiger partial charge in [-0.25, -0.2) is 4.89 Å². The first-order valence-corrected chi connectivity index (χ1v) is 2.59. The van der Waals surface area contributed by atoms with Gasteiger partial charge in [0, 0.05) is 0 Å². The Balaban J connectivity index is 3.33. The summed E-state index contributed by atoms with van der Waals surface area (Å²) in [5.41, 5.74) is 0. The van der Waals surface area contributed by atoms with Gasteiger partial charge < -0.3 is 0 Å². The second kappa shape index (κ2) is 4.37. The van der Waals surface area contributed by atoms with Crippen LogP contribution >= 0.6 is 0 Å². The van der Waals surface area contributed by atoms with Crippen LogP contribution in [0.15, 0.2) is 5.18 Å². The van der Waals surface area contributed by atoms with Gasteiger partial charge in [-0.1, -0.05) is 5.18 Å². The van der Waals surface area contributed by atoms with Gasteiger partial charge in [0.2, 0.25) is 0 Å². The molecule has 0 saturated carbocycles. The van der Waals surface area contributed by atoms with Crippen molar-refractivity contribution < 1.29 is 10.1 Å². The summed E-state index contributed by atoms with van der Waals surface area (Å²) < 4.78 is 0. The topological polar surface area (TPSA) is 70.9 Å². The lowest BCUT2D eigenvalue weighted by molar-refractivity contribution is -0.282. The van der Waals surface area contributed by atoms with Crippen molar-refractivity contribution in [2.45, 2.75) is 26.2 Å². The van der Waals surface area contributed by atoms with E-state index in [9.17, 15) is 4.91 Å². The van der Waals surface area contributed by atoms with Crippen molar-refractivity contribution in [1.29, 1.82) is 0 Å². The summed E-state index contributed by atoms with van der Waals surface area (Å²) in [5.74, 6) is 0. The van der Waals surface area contributed by atoms with Crippen LogP contribution in [-0.2, 0) is 4.89 Å². The largest absolute Gasteiger partial charge is 0.265 e. The SMILES string of the molecule is CC(N=O)NC(C)OO. The summed E-state index contributed by atoms with van der Waals surface area (Å²) in [6.07, 6.45) is -1.09. The van der Waals surface area contributed by atoms with Crippen LogP contribution in [0.2, 0.25) is 0 Å². The quantitative estimate of drug-likeness (QED) is 0.254. The molecule has 2 unspecified atom stereocenters. The van der Waals surface area contributed by atoms with E-state index in [-0.39, 0.29) is 0 Å². The molecule has 0 aromatic carbocycles. The molecular formula is C4H10N2O3. The third-order valence-corrected chi connectivity index (χ3v) is 0.792. The number of nitroso groups, excluding NO2 is 1. The highest BCUT2D eigenvalue weighted by Crippen LogP contribution is 1.86. The summed E-state index contributed by atoms with van der Waals surface area (Å²) in [5, 5.41) is 13.1. The Bertz CT molecular complexity index is 87.9. The van der Waals surface area contributed by atoms with Crippen LogP contribution in [0.3, 0.4) is 0 Å². The van der Waals surface area contributed by atoms with Crippen molar-refractivity contribution in [3.8, 4) is 0 Å². The van der Waals surface area contributed by atoms with Gasteiger partial charge in [-0.05, 0) is 13.8 Å². The standard InChI is InChI=1S/C4H10N2O3/c1-3(6-7)5-4(2)9-8/h3-5,8H,1-2H3. The molecule has 5 heteroatoms. The van der Waals surface area contributed by atoms with Gasteiger partial charge in [0.05, 0.1) is 0 Å². The smallest absolute Gasteiger partial charge is 0.142 e. The average molecular weight is 134 g/mol. The highest BCUT2D eigenvalue weighted by molar-refractivity contribution is 4.55. The third kappa shape index (κ3) is 4.01. The Morgan fingerprint density at radius 3 is 2.56 bits per heavy atom. The van der Waals surface area contributed by atoms with Gasteiger partial charge in [0.15, 0.2) is 0 Å². The highest BCUT2D eigenvalue weighted by Gasteiger charge is 2.04. The summed E-state index contributed by atoms with van der Waals surface area (Å²) in [4.78, 5) is 13.5. The molecule has 0 aromatic rings. The first-order chi connectivity index (χ1) is 4.20. The van der Waals surface area contributed by atoms with Crippen molar-refractivity contribution in [1.82, 2.24) is 5.32 Å². The molecule has 5 nitrogen and oxygen atoms in total. The molecule has 0 bridgehead atoms. The maximum atomic E-state index is 9.71. The molecule has 54 valence electrons. The molecule has 0 amide bonds. The number of hydrogen-bond donors (Lipinski definition) is 2. The molecule has 0 radical (unpaired) electrons. The van der Waals surface area contributed by atoms with Gasteiger partial charge >= 0.3 is 0 Å². The fraction of sp³-hybridized carbons (Fsp3) is 1.00. The molecule has 0 aromatic heterocycles. The van der Waals surface area contributed by atoms with Crippen LogP contribution in [0.5, 0.6) is 0 Å². The van der Waals surface area contributed by atoms with E-state index in [0.29, 0.717) is 0 Å². The van der Waals surface area contributed by atoms with Crippen LogP contribution < -0.4 is 5.32 Å². The Kier molecular flexibility index (Phi) is 4.12. The molecule has 0 fully saturated rings. The zero-order valence-electron chi connectivity index (χ0n) is 5.37. The van der Waals surface area contributed by atoms with Crippen LogP contribution in [0.1, 0.15) is 13.8 Å². The van der Waals surface area contributed by atoms with Gasteiger partial charge in [0.25, 0.3) is 0 Å². The van der Waals surface area contributed by atoms with Crippen LogP contribution in [0.4, 0.5) is 0 Å². The van der Waals surface area contributed by atoms with Gasteiger partial charge in [0.1, 0.15) is 12.4 Å². The monoisotopic (exact) mass is 134 g/mol. The van der Waals surface area contributed by atoms with Crippen molar-refractivity contribution in [2.75, 3.05) is 0 Å². The number of nitrogens with zero attached hydrogens (tertiary/aromatic N) is 1. The average Bonchev–Trinajstić information content (AvgIpc) is 1.87. The maximum absolute atomic E-state index is 9.71. The van der Waals surface area contributed by atoms with E-state index in [2.05, 4.69) is 15.4 Å². The zero-order valence-corrected chi connectivity index (χ0v) is 5.37. The molecule has 0 aliphatic rings. The minimum Gasteiger partial charge on any atom is -0.265 e. The van der Waals surface area contributed by atoms with E-state index < -0.39 is 12.4 Å². The second-order valence-electron chi connectivity index (χ2n) is 1.70. The first-order valence-electron chi connectivity index (χ1n) is 2.59. The maximum Gasteiger partial charge on any atom is 0.142 e. The third-order valence-electron chi connectivity index (χ3n) is 0.792. The van der Waals surface area contributed by atoms with E-state index in [1.54, 1.807) is 13.8 Å². The first kappa shape index (κ1) is 8.48. The predicted octanol–water partition coefficient (Wildman–Crippen LogP) is 0.524. The molecule has 0 heterocycles. The fourth-order valence-electron chi connectivity index (χ4n) is 0.401. The summed E-state index contributed by atoms with van der Waals surface area (Å²) in [7, 11) is 0. The summed E-state index contributed by atoms with van der Waals surface area (Å²) >= 11 is 0. The normalized spacial score (nSPS) is 16.8. The van der Waals surface area contributed by atoms with Gasteiger partial charge in [-0.15, -0.1) is 4.91 Å². The minimum absolute atomic E-state index is 0.535. The Morgan fingerprint density at radius 1 is 1.67 bits per heavy atom. The van der Waals surface area contributed by atoms with E-state index in [1.165, 1.54) is 0 Å². The Hall–Kier alpha value is -0.520. The fourth-order valence-corrected chi connectivity index (χ4v) is 0.401. The van der Waals surface area contributed by atoms with Crippen molar-refractivity contribution >= 4 is 0 Å². The summed E-state index contributed by atoms with van der Waals surface area (Å²) in [6.45, 7) is 3.12. The number of rotatable bonds is 4. The number of nitrogens with one attached hydrogen (secondary N) is 1. The molecule has 0 aliphatic heterocycles. The number of hydrogen-bond acceptors (Lipinski definition) is 5. The van der Waals surface area contributed by atoms with Crippen LogP contribution in [0.25, 0.3) is 0 Å². The molecular weight excluding hydrogens is 124 g/mol. The predicted molar refractivity (Wildman–Crippen MR) is 31.6 cm³/mol. The molecule has 9 heavy (non-hydrogen) atoms. The van der Waals surface area contributed by atoms with E-state index in [4.69, 9.17) is 5.26 Å². The summed E-state index contributed by atoms with van der Waals surface area (Å²) in [6, 6.07) is 0. The molecule has 0 saturated heterocycles.